The van der Waals surface area contributed by atoms with Gasteiger partial charge in [0.25, 0.3) is 0 Å². The number of halogens is 1. The summed E-state index contributed by atoms with van der Waals surface area (Å²) in [7, 11) is 0. The highest BCUT2D eigenvalue weighted by molar-refractivity contribution is 9.10. The first-order chi connectivity index (χ1) is 9.65. The molecule has 2 fully saturated rings. The first-order valence-corrected chi connectivity index (χ1v) is 9.78. The molecule has 3 rings (SSSR count). The lowest BCUT2D eigenvalue weighted by molar-refractivity contribution is 0.191. The van der Waals surface area contributed by atoms with Crippen LogP contribution in [-0.4, -0.2) is 12.6 Å². The molecule has 0 amide bonds. The van der Waals surface area contributed by atoms with Crippen molar-refractivity contribution in [2.45, 2.75) is 57.9 Å². The standard InChI is InChI=1S/C17H26BrNS/c1-11(2)12-3-4-13(10-19-14-5-6-14)15(9-12)17-16(18)7-8-20-17/h7-8,11-15,19H,3-6,9-10H2,1-2H3. The molecule has 1 aromatic rings. The minimum absolute atomic E-state index is 0.761. The van der Waals surface area contributed by atoms with Crippen LogP contribution < -0.4 is 5.32 Å². The van der Waals surface area contributed by atoms with E-state index in [4.69, 9.17) is 0 Å². The summed E-state index contributed by atoms with van der Waals surface area (Å²) < 4.78 is 1.34. The maximum Gasteiger partial charge on any atom is 0.0317 e. The van der Waals surface area contributed by atoms with Gasteiger partial charge in [-0.3, -0.25) is 0 Å². The van der Waals surface area contributed by atoms with Gasteiger partial charge in [-0.25, -0.2) is 0 Å². The van der Waals surface area contributed by atoms with Gasteiger partial charge in [-0.15, -0.1) is 11.3 Å². The minimum atomic E-state index is 0.761. The van der Waals surface area contributed by atoms with Crippen LogP contribution in [0.25, 0.3) is 0 Å². The smallest absolute Gasteiger partial charge is 0.0317 e. The summed E-state index contributed by atoms with van der Waals surface area (Å²) in [4.78, 5) is 1.60. The second-order valence-electron chi connectivity index (χ2n) is 7.00. The van der Waals surface area contributed by atoms with E-state index in [1.807, 2.05) is 11.3 Å². The lowest BCUT2D eigenvalue weighted by Gasteiger charge is -2.38. The van der Waals surface area contributed by atoms with E-state index < -0.39 is 0 Å². The summed E-state index contributed by atoms with van der Waals surface area (Å²) in [5, 5.41) is 6.01. The Balaban J connectivity index is 1.72. The maximum absolute atomic E-state index is 3.77. The van der Waals surface area contributed by atoms with Crippen LogP contribution in [0.15, 0.2) is 15.9 Å². The number of hydrogen-bond acceptors (Lipinski definition) is 2. The Morgan fingerprint density at radius 1 is 1.30 bits per heavy atom. The summed E-state index contributed by atoms with van der Waals surface area (Å²) in [5.41, 5.74) is 0. The van der Waals surface area contributed by atoms with Crippen LogP contribution in [0.5, 0.6) is 0 Å². The quantitative estimate of drug-likeness (QED) is 0.743. The van der Waals surface area contributed by atoms with Crippen LogP contribution in [0.1, 0.15) is 56.7 Å². The maximum atomic E-state index is 3.77. The van der Waals surface area contributed by atoms with E-state index in [1.54, 1.807) is 4.88 Å². The molecule has 0 aromatic carbocycles. The molecule has 0 bridgehead atoms. The van der Waals surface area contributed by atoms with Gasteiger partial charge in [0, 0.05) is 15.4 Å². The van der Waals surface area contributed by atoms with E-state index in [9.17, 15) is 0 Å². The molecule has 20 heavy (non-hydrogen) atoms. The molecule has 0 aliphatic heterocycles. The molecule has 2 saturated carbocycles. The van der Waals surface area contributed by atoms with Gasteiger partial charge in [-0.1, -0.05) is 13.8 Å². The monoisotopic (exact) mass is 355 g/mol. The molecule has 3 heteroatoms. The van der Waals surface area contributed by atoms with Crippen molar-refractivity contribution in [3.63, 3.8) is 0 Å². The van der Waals surface area contributed by atoms with E-state index in [1.165, 1.54) is 43.1 Å². The zero-order chi connectivity index (χ0) is 14.1. The Morgan fingerprint density at radius 2 is 2.10 bits per heavy atom. The molecule has 3 atom stereocenters. The lowest BCUT2D eigenvalue weighted by atomic mass is 9.70. The Hall–Kier alpha value is 0.140. The van der Waals surface area contributed by atoms with Gasteiger partial charge < -0.3 is 5.32 Å². The molecule has 1 nitrogen and oxygen atoms in total. The fourth-order valence-corrected chi connectivity index (χ4v) is 5.49. The van der Waals surface area contributed by atoms with Crippen LogP contribution in [0, 0.1) is 17.8 Å². The van der Waals surface area contributed by atoms with Crippen molar-refractivity contribution in [2.24, 2.45) is 17.8 Å². The Morgan fingerprint density at radius 3 is 2.70 bits per heavy atom. The Kier molecular flexibility index (Phi) is 4.89. The van der Waals surface area contributed by atoms with E-state index >= 15 is 0 Å². The zero-order valence-electron chi connectivity index (χ0n) is 12.6. The normalized spacial score (nSPS) is 30.9. The summed E-state index contributed by atoms with van der Waals surface area (Å²) >= 11 is 5.72. The summed E-state index contributed by atoms with van der Waals surface area (Å²) in [5.74, 6) is 3.33. The second-order valence-corrected chi connectivity index (χ2v) is 8.80. The number of nitrogens with one attached hydrogen (secondary N) is 1. The molecule has 1 heterocycles. The van der Waals surface area contributed by atoms with Gasteiger partial charge in [0.15, 0.2) is 0 Å². The highest BCUT2D eigenvalue weighted by Crippen LogP contribution is 2.46. The molecule has 2 aliphatic carbocycles. The average Bonchev–Trinajstić information content (AvgIpc) is 3.17. The third kappa shape index (κ3) is 3.48. The predicted octanol–water partition coefficient (Wildman–Crippen LogP) is 5.42. The highest BCUT2D eigenvalue weighted by Gasteiger charge is 2.35. The van der Waals surface area contributed by atoms with Gasteiger partial charge >= 0.3 is 0 Å². The van der Waals surface area contributed by atoms with Crippen LogP contribution in [0.2, 0.25) is 0 Å². The fourth-order valence-electron chi connectivity index (χ4n) is 3.61. The third-order valence-electron chi connectivity index (χ3n) is 5.20. The van der Waals surface area contributed by atoms with Gasteiger partial charge in [0.2, 0.25) is 0 Å². The molecule has 2 aliphatic rings. The van der Waals surface area contributed by atoms with Crippen LogP contribution >= 0.6 is 27.3 Å². The SMILES string of the molecule is CC(C)C1CCC(CNC2CC2)C(c2sccc2Br)C1. The van der Waals surface area contributed by atoms with Gasteiger partial charge in [0.05, 0.1) is 0 Å². The average molecular weight is 356 g/mol. The van der Waals surface area contributed by atoms with Crippen LogP contribution in [-0.2, 0) is 0 Å². The van der Waals surface area contributed by atoms with E-state index in [2.05, 4.69) is 46.5 Å². The van der Waals surface area contributed by atoms with Crippen molar-refractivity contribution in [1.29, 1.82) is 0 Å². The summed E-state index contributed by atoms with van der Waals surface area (Å²) in [6.45, 7) is 6.02. The van der Waals surface area contributed by atoms with Gasteiger partial charge in [-0.05, 0) is 89.7 Å². The first kappa shape index (κ1) is 15.1. The van der Waals surface area contributed by atoms with E-state index in [0.29, 0.717) is 0 Å². The van der Waals surface area contributed by atoms with Gasteiger partial charge in [-0.2, -0.15) is 0 Å². The molecule has 0 radical (unpaired) electrons. The first-order valence-electron chi connectivity index (χ1n) is 8.11. The Bertz CT molecular complexity index is 438. The molecular weight excluding hydrogens is 330 g/mol. The predicted molar refractivity (Wildman–Crippen MR) is 91.5 cm³/mol. The highest BCUT2D eigenvalue weighted by atomic mass is 79.9. The fraction of sp³-hybridized carbons (Fsp3) is 0.765. The third-order valence-corrected chi connectivity index (χ3v) is 7.21. The molecule has 112 valence electrons. The molecule has 0 spiro atoms. The molecule has 3 unspecified atom stereocenters. The summed E-state index contributed by atoms with van der Waals surface area (Å²) in [6, 6.07) is 3.06. The van der Waals surface area contributed by atoms with Crippen molar-refractivity contribution in [3.05, 3.63) is 20.8 Å². The topological polar surface area (TPSA) is 12.0 Å². The number of hydrogen-bond donors (Lipinski definition) is 1. The molecule has 1 N–H and O–H groups in total. The minimum Gasteiger partial charge on any atom is -0.314 e. The molecule has 1 aromatic heterocycles. The number of rotatable bonds is 5. The summed E-state index contributed by atoms with van der Waals surface area (Å²) in [6.07, 6.45) is 7.00. The van der Waals surface area contributed by atoms with Crippen molar-refractivity contribution in [1.82, 2.24) is 5.32 Å². The van der Waals surface area contributed by atoms with Crippen molar-refractivity contribution in [3.8, 4) is 0 Å². The van der Waals surface area contributed by atoms with Gasteiger partial charge in [0.1, 0.15) is 0 Å². The van der Waals surface area contributed by atoms with Crippen LogP contribution in [0.3, 0.4) is 0 Å². The van der Waals surface area contributed by atoms with Crippen LogP contribution in [0.4, 0.5) is 0 Å². The molecular formula is C17H26BrNS. The van der Waals surface area contributed by atoms with Crippen molar-refractivity contribution in [2.75, 3.05) is 6.54 Å². The molecule has 0 saturated heterocycles. The largest absolute Gasteiger partial charge is 0.314 e. The van der Waals surface area contributed by atoms with Crippen molar-refractivity contribution >= 4 is 27.3 Å². The Labute approximate surface area is 135 Å². The zero-order valence-corrected chi connectivity index (χ0v) is 15.0. The van der Waals surface area contributed by atoms with Crippen molar-refractivity contribution < 1.29 is 0 Å². The number of thiophene rings is 1. The lowest BCUT2D eigenvalue weighted by Crippen LogP contribution is -2.33. The van der Waals surface area contributed by atoms with E-state index in [-0.39, 0.29) is 0 Å². The van der Waals surface area contributed by atoms with E-state index in [0.717, 1.165) is 29.7 Å². The second kappa shape index (κ2) is 6.50.